The molecule has 1 aliphatic rings. The molecule has 1 aromatic rings. The number of aromatic nitrogens is 2. The van der Waals surface area contributed by atoms with Crippen LogP contribution in [0.25, 0.3) is 0 Å². The Balaban J connectivity index is 1.86. The van der Waals surface area contributed by atoms with Crippen LogP contribution in [0.1, 0.15) is 51.0 Å². The molecule has 100 valence electrons. The Hall–Kier alpha value is -1.16. The van der Waals surface area contributed by atoms with Crippen LogP contribution in [0.4, 0.5) is 5.95 Å². The normalized spacial score (nSPS) is 24.2. The van der Waals surface area contributed by atoms with Crippen molar-refractivity contribution in [1.82, 2.24) is 15.3 Å². The van der Waals surface area contributed by atoms with Gasteiger partial charge in [-0.3, -0.25) is 0 Å². The molecule has 1 fully saturated rings. The third kappa shape index (κ3) is 3.42. The number of nitrogens with zero attached hydrogens (tertiary/aromatic N) is 2. The van der Waals surface area contributed by atoms with Crippen LogP contribution >= 0.6 is 0 Å². The third-order valence-corrected chi connectivity index (χ3v) is 3.81. The average Bonchev–Trinajstić information content (AvgIpc) is 2.40. The molecule has 2 N–H and O–H groups in total. The van der Waals surface area contributed by atoms with Crippen molar-refractivity contribution in [3.05, 3.63) is 18.0 Å². The minimum atomic E-state index is 0.491. The lowest BCUT2D eigenvalue weighted by Gasteiger charge is -2.28. The van der Waals surface area contributed by atoms with E-state index in [-0.39, 0.29) is 0 Å². The van der Waals surface area contributed by atoms with Gasteiger partial charge in [-0.1, -0.05) is 13.8 Å². The van der Waals surface area contributed by atoms with Crippen LogP contribution in [0.2, 0.25) is 0 Å². The van der Waals surface area contributed by atoms with Crippen LogP contribution in [-0.4, -0.2) is 29.1 Å². The van der Waals surface area contributed by atoms with E-state index in [1.54, 1.807) is 0 Å². The third-order valence-electron chi connectivity index (χ3n) is 3.81. The summed E-state index contributed by atoms with van der Waals surface area (Å²) in [6.45, 7) is 4.32. The Morgan fingerprint density at radius 2 is 1.61 bits per heavy atom. The van der Waals surface area contributed by atoms with Crippen molar-refractivity contribution in [2.45, 2.75) is 57.5 Å². The minimum Gasteiger partial charge on any atom is -0.351 e. The van der Waals surface area contributed by atoms with Crippen LogP contribution in [0.5, 0.6) is 0 Å². The van der Waals surface area contributed by atoms with Crippen LogP contribution in [0.3, 0.4) is 0 Å². The maximum Gasteiger partial charge on any atom is 0.222 e. The molecule has 0 spiro atoms. The van der Waals surface area contributed by atoms with Crippen molar-refractivity contribution >= 4 is 5.95 Å². The zero-order chi connectivity index (χ0) is 13.0. The summed E-state index contributed by atoms with van der Waals surface area (Å²) in [6, 6.07) is 1.21. The topological polar surface area (TPSA) is 49.8 Å². The van der Waals surface area contributed by atoms with Gasteiger partial charge < -0.3 is 10.6 Å². The summed E-state index contributed by atoms with van der Waals surface area (Å²) in [5, 5.41) is 6.79. The first-order chi connectivity index (χ1) is 8.69. The highest BCUT2D eigenvalue weighted by Gasteiger charge is 2.20. The highest BCUT2D eigenvalue weighted by Crippen LogP contribution is 2.21. The Labute approximate surface area is 110 Å². The Kier molecular flexibility index (Phi) is 4.53. The van der Waals surface area contributed by atoms with Crippen LogP contribution < -0.4 is 10.6 Å². The minimum absolute atomic E-state index is 0.491. The highest BCUT2D eigenvalue weighted by atomic mass is 15.1. The molecule has 0 bridgehead atoms. The van der Waals surface area contributed by atoms with Crippen LogP contribution in [0, 0.1) is 0 Å². The van der Waals surface area contributed by atoms with Gasteiger partial charge in [-0.2, -0.15) is 0 Å². The Morgan fingerprint density at radius 1 is 1.06 bits per heavy atom. The number of rotatable bonds is 4. The summed E-state index contributed by atoms with van der Waals surface area (Å²) in [7, 11) is 2.05. The van der Waals surface area contributed by atoms with E-state index in [0.29, 0.717) is 18.0 Å². The fraction of sp³-hybridized carbons (Fsp3) is 0.714. The molecule has 1 aliphatic carbocycles. The second-order valence-corrected chi connectivity index (χ2v) is 5.48. The molecule has 1 saturated carbocycles. The molecule has 1 aromatic heterocycles. The monoisotopic (exact) mass is 248 g/mol. The van der Waals surface area contributed by atoms with Crippen molar-refractivity contribution in [2.75, 3.05) is 12.4 Å². The second-order valence-electron chi connectivity index (χ2n) is 5.48. The number of hydrogen-bond donors (Lipinski definition) is 2. The summed E-state index contributed by atoms with van der Waals surface area (Å²) < 4.78 is 0. The largest absolute Gasteiger partial charge is 0.351 e. The summed E-state index contributed by atoms with van der Waals surface area (Å²) in [5.41, 5.74) is 1.19. The van der Waals surface area contributed by atoms with Gasteiger partial charge >= 0.3 is 0 Å². The van der Waals surface area contributed by atoms with Gasteiger partial charge in [-0.05, 0) is 44.2 Å². The van der Waals surface area contributed by atoms with Crippen molar-refractivity contribution in [2.24, 2.45) is 0 Å². The van der Waals surface area contributed by atoms with Gasteiger partial charge in [-0.15, -0.1) is 0 Å². The van der Waals surface area contributed by atoms with E-state index in [2.05, 4.69) is 34.4 Å². The summed E-state index contributed by atoms with van der Waals surface area (Å²) in [6.07, 6.45) is 8.72. The van der Waals surface area contributed by atoms with Gasteiger partial charge in [0.05, 0.1) is 0 Å². The molecule has 0 aliphatic heterocycles. The van der Waals surface area contributed by atoms with E-state index in [4.69, 9.17) is 0 Å². The van der Waals surface area contributed by atoms with Crippen LogP contribution in [-0.2, 0) is 0 Å². The molecule has 18 heavy (non-hydrogen) atoms. The Morgan fingerprint density at radius 3 is 2.11 bits per heavy atom. The number of hydrogen-bond acceptors (Lipinski definition) is 4. The van der Waals surface area contributed by atoms with E-state index >= 15 is 0 Å². The van der Waals surface area contributed by atoms with Gasteiger partial charge in [0.15, 0.2) is 0 Å². The summed E-state index contributed by atoms with van der Waals surface area (Å²) in [5.74, 6) is 1.26. The quantitative estimate of drug-likeness (QED) is 0.859. The molecule has 2 rings (SSSR count). The highest BCUT2D eigenvalue weighted by molar-refractivity contribution is 5.27. The molecule has 0 amide bonds. The average molecular weight is 248 g/mol. The van der Waals surface area contributed by atoms with E-state index in [1.165, 1.54) is 31.2 Å². The zero-order valence-corrected chi connectivity index (χ0v) is 11.6. The first-order valence-electron chi connectivity index (χ1n) is 6.94. The predicted octanol–water partition coefficient (Wildman–Crippen LogP) is 2.54. The van der Waals surface area contributed by atoms with E-state index < -0.39 is 0 Å². The smallest absolute Gasteiger partial charge is 0.222 e. The van der Waals surface area contributed by atoms with E-state index in [0.717, 1.165) is 5.95 Å². The standard InChI is InChI=1S/C14H24N4/c1-10(2)11-8-16-14(17-9-11)18-13-6-4-12(15-3)5-7-13/h8-10,12-13,15H,4-7H2,1-3H3,(H,16,17,18). The number of anilines is 1. The van der Waals surface area contributed by atoms with Crippen LogP contribution in [0.15, 0.2) is 12.4 Å². The lowest BCUT2D eigenvalue weighted by molar-refractivity contribution is 0.370. The number of nitrogens with one attached hydrogen (secondary N) is 2. The second kappa shape index (κ2) is 6.14. The first kappa shape index (κ1) is 13.3. The first-order valence-corrected chi connectivity index (χ1v) is 6.94. The van der Waals surface area contributed by atoms with Crippen molar-refractivity contribution in [3.63, 3.8) is 0 Å². The molecule has 4 nitrogen and oxygen atoms in total. The van der Waals surface area contributed by atoms with Gasteiger partial charge in [0.25, 0.3) is 0 Å². The van der Waals surface area contributed by atoms with E-state index in [9.17, 15) is 0 Å². The summed E-state index contributed by atoms with van der Waals surface area (Å²) in [4.78, 5) is 8.79. The fourth-order valence-electron chi connectivity index (χ4n) is 2.42. The zero-order valence-electron chi connectivity index (χ0n) is 11.6. The van der Waals surface area contributed by atoms with Crippen molar-refractivity contribution < 1.29 is 0 Å². The maximum atomic E-state index is 4.40. The lowest BCUT2D eigenvalue weighted by Crippen LogP contribution is -2.35. The summed E-state index contributed by atoms with van der Waals surface area (Å²) >= 11 is 0. The molecule has 4 heteroatoms. The van der Waals surface area contributed by atoms with Gasteiger partial charge in [0.1, 0.15) is 0 Å². The van der Waals surface area contributed by atoms with Crippen molar-refractivity contribution in [3.8, 4) is 0 Å². The predicted molar refractivity (Wildman–Crippen MR) is 74.8 cm³/mol. The lowest BCUT2D eigenvalue weighted by atomic mass is 9.91. The van der Waals surface area contributed by atoms with E-state index in [1.807, 2.05) is 19.4 Å². The van der Waals surface area contributed by atoms with Gasteiger partial charge in [-0.25, -0.2) is 9.97 Å². The molecule has 1 heterocycles. The maximum absolute atomic E-state index is 4.40. The molecule has 0 radical (unpaired) electrons. The molecular weight excluding hydrogens is 224 g/mol. The molecule has 0 aromatic carbocycles. The SMILES string of the molecule is CNC1CCC(Nc2ncc(C(C)C)cn2)CC1. The van der Waals surface area contributed by atoms with Gasteiger partial charge in [0, 0.05) is 24.5 Å². The fourth-order valence-corrected chi connectivity index (χ4v) is 2.42. The molecular formula is C14H24N4. The Bertz CT molecular complexity index is 353. The van der Waals surface area contributed by atoms with Crippen molar-refractivity contribution in [1.29, 1.82) is 0 Å². The molecule has 0 atom stereocenters. The van der Waals surface area contributed by atoms with Gasteiger partial charge in [0.2, 0.25) is 5.95 Å². The molecule has 0 saturated heterocycles. The molecule has 0 unspecified atom stereocenters.